The maximum Gasteiger partial charge on any atom is 0.161 e. The summed E-state index contributed by atoms with van der Waals surface area (Å²) in [6.07, 6.45) is 0.0491. The molecule has 0 bridgehead atoms. The summed E-state index contributed by atoms with van der Waals surface area (Å²) in [7, 11) is 1.73. The van der Waals surface area contributed by atoms with E-state index in [9.17, 15) is 0 Å². The first-order chi connectivity index (χ1) is 9.20. The Hall–Kier alpha value is -1.26. The van der Waals surface area contributed by atoms with Gasteiger partial charge in [0, 0.05) is 19.7 Å². The summed E-state index contributed by atoms with van der Waals surface area (Å²) in [6, 6.07) is 8.12. The van der Waals surface area contributed by atoms with E-state index >= 15 is 0 Å². The van der Waals surface area contributed by atoms with Crippen molar-refractivity contribution in [2.45, 2.75) is 26.0 Å². The number of hydrogen-bond acceptors (Lipinski definition) is 4. The molecule has 0 fully saturated rings. The summed E-state index contributed by atoms with van der Waals surface area (Å²) in [5.41, 5.74) is 0. The maximum atomic E-state index is 5.91. The predicted molar refractivity (Wildman–Crippen MR) is 74.9 cm³/mol. The molecule has 1 N–H and O–H groups in total. The largest absolute Gasteiger partial charge is 0.486 e. The minimum absolute atomic E-state index is 0.0491. The van der Waals surface area contributed by atoms with E-state index in [-0.39, 0.29) is 6.10 Å². The summed E-state index contributed by atoms with van der Waals surface area (Å²) in [5, 5.41) is 3.49. The molecule has 1 aliphatic rings. The zero-order valence-corrected chi connectivity index (χ0v) is 11.9. The van der Waals surface area contributed by atoms with Crippen molar-refractivity contribution in [2.24, 2.45) is 5.92 Å². The molecule has 0 radical (unpaired) electrons. The first-order valence-electron chi connectivity index (χ1n) is 6.81. The Balaban J connectivity index is 1.85. The Bertz CT molecular complexity index is 395. The average molecular weight is 265 g/mol. The molecule has 4 nitrogen and oxygen atoms in total. The van der Waals surface area contributed by atoms with E-state index in [1.165, 1.54) is 0 Å². The number of fused-ring (bicyclic) bond motifs is 1. The Morgan fingerprint density at radius 2 is 2.05 bits per heavy atom. The van der Waals surface area contributed by atoms with Crippen LogP contribution in [0.5, 0.6) is 11.5 Å². The fraction of sp³-hybridized carbons (Fsp3) is 0.600. The van der Waals surface area contributed by atoms with Gasteiger partial charge >= 0.3 is 0 Å². The van der Waals surface area contributed by atoms with Crippen molar-refractivity contribution in [1.29, 1.82) is 0 Å². The lowest BCUT2D eigenvalue weighted by Crippen LogP contribution is -2.45. The second-order valence-electron chi connectivity index (χ2n) is 5.21. The quantitative estimate of drug-likeness (QED) is 0.855. The van der Waals surface area contributed by atoms with Crippen LogP contribution < -0.4 is 14.8 Å². The predicted octanol–water partition coefficient (Wildman–Crippen LogP) is 2.09. The van der Waals surface area contributed by atoms with Crippen molar-refractivity contribution < 1.29 is 14.2 Å². The third kappa shape index (κ3) is 3.85. The van der Waals surface area contributed by atoms with E-state index in [4.69, 9.17) is 14.2 Å². The van der Waals surface area contributed by atoms with Crippen LogP contribution in [0.1, 0.15) is 13.8 Å². The summed E-state index contributed by atoms with van der Waals surface area (Å²) in [5.74, 6) is 2.18. The molecular formula is C15H23NO3. The van der Waals surface area contributed by atoms with Crippen molar-refractivity contribution in [3.05, 3.63) is 24.3 Å². The van der Waals surface area contributed by atoms with Gasteiger partial charge in [0.15, 0.2) is 11.5 Å². The van der Waals surface area contributed by atoms with Gasteiger partial charge in [-0.25, -0.2) is 0 Å². The number of rotatable bonds is 6. The monoisotopic (exact) mass is 265 g/mol. The van der Waals surface area contributed by atoms with Gasteiger partial charge in [-0.3, -0.25) is 0 Å². The number of nitrogens with one attached hydrogen (secondary N) is 1. The molecule has 0 saturated carbocycles. The molecule has 1 aromatic carbocycles. The van der Waals surface area contributed by atoms with Crippen LogP contribution in [0.2, 0.25) is 0 Å². The highest BCUT2D eigenvalue weighted by molar-refractivity contribution is 5.40. The summed E-state index contributed by atoms with van der Waals surface area (Å²) < 4.78 is 16.8. The van der Waals surface area contributed by atoms with E-state index in [0.717, 1.165) is 18.0 Å². The number of para-hydroxylation sites is 2. The van der Waals surface area contributed by atoms with E-state index in [2.05, 4.69) is 19.2 Å². The average Bonchev–Trinajstić information content (AvgIpc) is 2.43. The topological polar surface area (TPSA) is 39.7 Å². The van der Waals surface area contributed by atoms with Crippen LogP contribution >= 0.6 is 0 Å². The number of hydrogen-bond donors (Lipinski definition) is 1. The standard InChI is InChI=1S/C15H23NO3/c1-11(2)13(10-17-3)16-8-12-9-18-14-6-4-5-7-15(14)19-12/h4-7,11-13,16H,8-10H2,1-3H3. The smallest absolute Gasteiger partial charge is 0.161 e. The van der Waals surface area contributed by atoms with Gasteiger partial charge in [0.2, 0.25) is 0 Å². The van der Waals surface area contributed by atoms with Crippen LogP contribution in [0.15, 0.2) is 24.3 Å². The molecule has 4 heteroatoms. The first kappa shape index (κ1) is 14.2. The lowest BCUT2D eigenvalue weighted by molar-refractivity contribution is 0.0789. The first-order valence-corrected chi connectivity index (χ1v) is 6.81. The molecule has 0 spiro atoms. The van der Waals surface area contributed by atoms with E-state index in [1.807, 2.05) is 24.3 Å². The van der Waals surface area contributed by atoms with Crippen LogP contribution in [0, 0.1) is 5.92 Å². The maximum absolute atomic E-state index is 5.91. The third-order valence-corrected chi connectivity index (χ3v) is 3.33. The molecule has 2 unspecified atom stereocenters. The molecular weight excluding hydrogens is 242 g/mol. The summed E-state index contributed by atoms with van der Waals surface area (Å²) >= 11 is 0. The van der Waals surface area contributed by atoms with Crippen LogP contribution in [0.4, 0.5) is 0 Å². The van der Waals surface area contributed by atoms with Gasteiger partial charge in [0.05, 0.1) is 6.61 Å². The molecule has 106 valence electrons. The van der Waals surface area contributed by atoms with Gasteiger partial charge in [0.1, 0.15) is 12.7 Å². The molecule has 0 aliphatic carbocycles. The molecule has 1 aliphatic heterocycles. The third-order valence-electron chi connectivity index (χ3n) is 3.33. The van der Waals surface area contributed by atoms with Gasteiger partial charge < -0.3 is 19.5 Å². The van der Waals surface area contributed by atoms with Crippen LogP contribution in [0.25, 0.3) is 0 Å². The fourth-order valence-corrected chi connectivity index (χ4v) is 2.11. The lowest BCUT2D eigenvalue weighted by Gasteiger charge is -2.29. The summed E-state index contributed by atoms with van der Waals surface area (Å²) in [6.45, 7) is 6.43. The summed E-state index contributed by atoms with van der Waals surface area (Å²) in [4.78, 5) is 0. The Morgan fingerprint density at radius 1 is 1.32 bits per heavy atom. The van der Waals surface area contributed by atoms with Gasteiger partial charge in [-0.2, -0.15) is 0 Å². The number of benzene rings is 1. The van der Waals surface area contributed by atoms with Gasteiger partial charge in [-0.1, -0.05) is 26.0 Å². The van der Waals surface area contributed by atoms with Crippen molar-refractivity contribution in [3.63, 3.8) is 0 Å². The molecule has 19 heavy (non-hydrogen) atoms. The van der Waals surface area contributed by atoms with Crippen LogP contribution in [-0.4, -0.2) is 39.0 Å². The molecule has 1 heterocycles. The van der Waals surface area contributed by atoms with E-state index < -0.39 is 0 Å². The van der Waals surface area contributed by atoms with E-state index in [0.29, 0.717) is 25.2 Å². The fourth-order valence-electron chi connectivity index (χ4n) is 2.11. The zero-order chi connectivity index (χ0) is 13.7. The molecule has 2 atom stereocenters. The molecule has 0 aromatic heterocycles. The van der Waals surface area contributed by atoms with Crippen LogP contribution in [0.3, 0.4) is 0 Å². The second-order valence-corrected chi connectivity index (χ2v) is 5.21. The molecule has 2 rings (SSSR count). The van der Waals surface area contributed by atoms with Crippen molar-refractivity contribution in [3.8, 4) is 11.5 Å². The SMILES string of the molecule is COCC(NCC1COc2ccccc2O1)C(C)C. The Kier molecular flexibility index (Phi) is 5.05. The Morgan fingerprint density at radius 3 is 2.74 bits per heavy atom. The zero-order valence-electron chi connectivity index (χ0n) is 11.9. The van der Waals surface area contributed by atoms with E-state index in [1.54, 1.807) is 7.11 Å². The molecule has 0 saturated heterocycles. The number of ether oxygens (including phenoxy) is 3. The minimum atomic E-state index is 0.0491. The number of methoxy groups -OCH3 is 1. The highest BCUT2D eigenvalue weighted by Gasteiger charge is 2.22. The molecule has 1 aromatic rings. The van der Waals surface area contributed by atoms with Crippen molar-refractivity contribution in [1.82, 2.24) is 5.32 Å². The normalized spacial score (nSPS) is 19.5. The van der Waals surface area contributed by atoms with Crippen molar-refractivity contribution in [2.75, 3.05) is 26.9 Å². The van der Waals surface area contributed by atoms with Crippen molar-refractivity contribution >= 4 is 0 Å². The van der Waals surface area contributed by atoms with Gasteiger partial charge in [-0.15, -0.1) is 0 Å². The second kappa shape index (κ2) is 6.78. The van der Waals surface area contributed by atoms with Gasteiger partial charge in [0.25, 0.3) is 0 Å². The lowest BCUT2D eigenvalue weighted by atomic mass is 10.1. The Labute approximate surface area is 115 Å². The highest BCUT2D eigenvalue weighted by Crippen LogP contribution is 2.30. The van der Waals surface area contributed by atoms with Crippen LogP contribution in [-0.2, 0) is 4.74 Å². The van der Waals surface area contributed by atoms with Gasteiger partial charge in [-0.05, 0) is 18.1 Å². The molecule has 0 amide bonds. The minimum Gasteiger partial charge on any atom is -0.486 e. The highest BCUT2D eigenvalue weighted by atomic mass is 16.6.